The Labute approximate surface area is 113 Å². The summed E-state index contributed by atoms with van der Waals surface area (Å²) in [6.07, 6.45) is -1.22. The molecule has 2 unspecified atom stereocenters. The number of carbonyl (C=O) groups is 2. The van der Waals surface area contributed by atoms with Gasteiger partial charge in [0.2, 0.25) is 0 Å². The molecule has 5 nitrogen and oxygen atoms in total. The molecule has 1 aromatic rings. The molecule has 0 spiro atoms. The summed E-state index contributed by atoms with van der Waals surface area (Å²) >= 11 is 5.66. The van der Waals surface area contributed by atoms with Crippen LogP contribution in [0.25, 0.3) is 0 Å². The van der Waals surface area contributed by atoms with E-state index < -0.39 is 29.9 Å². The van der Waals surface area contributed by atoms with Crippen LogP contribution in [-0.4, -0.2) is 29.2 Å². The van der Waals surface area contributed by atoms with Crippen molar-refractivity contribution in [2.24, 2.45) is 0 Å². The summed E-state index contributed by atoms with van der Waals surface area (Å²) in [6.45, 7) is 0. The van der Waals surface area contributed by atoms with Crippen molar-refractivity contribution >= 4 is 29.2 Å². The summed E-state index contributed by atoms with van der Waals surface area (Å²) < 4.78 is 18.2. The number of hydrogen-bond acceptors (Lipinski definition) is 3. The predicted molar refractivity (Wildman–Crippen MR) is 65.6 cm³/mol. The summed E-state index contributed by atoms with van der Waals surface area (Å²) in [5.41, 5.74) is 0.206. The van der Waals surface area contributed by atoms with Gasteiger partial charge in [0.05, 0.1) is 0 Å². The summed E-state index contributed by atoms with van der Waals surface area (Å²) in [5, 5.41) is 11.4. The predicted octanol–water partition coefficient (Wildman–Crippen LogP) is 2.05. The van der Waals surface area contributed by atoms with Gasteiger partial charge in [-0.05, 0) is 31.0 Å². The highest BCUT2D eigenvalue weighted by molar-refractivity contribution is 6.30. The molecule has 0 radical (unpaired) electrons. The van der Waals surface area contributed by atoms with Gasteiger partial charge in [0.25, 0.3) is 5.91 Å². The Balaban J connectivity index is 2.00. The molecule has 0 saturated carbocycles. The fourth-order valence-electron chi connectivity index (χ4n) is 1.86. The van der Waals surface area contributed by atoms with Gasteiger partial charge in [-0.1, -0.05) is 11.6 Å². The largest absolute Gasteiger partial charge is 0.479 e. The van der Waals surface area contributed by atoms with E-state index in [9.17, 15) is 14.0 Å². The minimum Gasteiger partial charge on any atom is -0.479 e. The zero-order chi connectivity index (χ0) is 14.0. The minimum atomic E-state index is -1.09. The Kier molecular flexibility index (Phi) is 4.01. The van der Waals surface area contributed by atoms with Crippen LogP contribution in [0.15, 0.2) is 18.2 Å². The normalized spacial score (nSPS) is 22.2. The Bertz CT molecular complexity index is 502. The molecule has 2 N–H and O–H groups in total. The molecule has 7 heteroatoms. The molecule has 0 aromatic heterocycles. The molecular formula is C12H11ClFNO4. The number of carbonyl (C=O) groups excluding carboxylic acids is 1. The fourth-order valence-corrected chi connectivity index (χ4v) is 2.08. The maximum absolute atomic E-state index is 13.1. The highest BCUT2D eigenvalue weighted by Gasteiger charge is 2.34. The smallest absolute Gasteiger partial charge is 0.332 e. The molecule has 19 heavy (non-hydrogen) atoms. The molecule has 1 amide bonds. The van der Waals surface area contributed by atoms with Crippen LogP contribution in [0.4, 0.5) is 10.1 Å². The number of hydrogen-bond donors (Lipinski definition) is 2. The van der Waals surface area contributed by atoms with Crippen molar-refractivity contribution in [2.75, 3.05) is 5.32 Å². The van der Waals surface area contributed by atoms with Crippen molar-refractivity contribution in [2.45, 2.75) is 25.0 Å². The fraction of sp³-hybridized carbons (Fsp3) is 0.333. The van der Waals surface area contributed by atoms with E-state index in [2.05, 4.69) is 5.32 Å². The summed E-state index contributed by atoms with van der Waals surface area (Å²) in [6, 6.07) is 3.63. The average molecular weight is 288 g/mol. The first-order chi connectivity index (χ1) is 8.95. The zero-order valence-corrected chi connectivity index (χ0v) is 10.5. The van der Waals surface area contributed by atoms with Gasteiger partial charge in [0.1, 0.15) is 11.9 Å². The van der Waals surface area contributed by atoms with E-state index in [0.717, 1.165) is 12.1 Å². The van der Waals surface area contributed by atoms with Crippen LogP contribution < -0.4 is 5.32 Å². The Morgan fingerprint density at radius 2 is 2.00 bits per heavy atom. The Morgan fingerprint density at radius 1 is 1.32 bits per heavy atom. The van der Waals surface area contributed by atoms with E-state index in [4.69, 9.17) is 21.4 Å². The second kappa shape index (κ2) is 5.54. The number of amides is 1. The van der Waals surface area contributed by atoms with Crippen molar-refractivity contribution < 1.29 is 23.8 Å². The van der Waals surface area contributed by atoms with Gasteiger partial charge < -0.3 is 15.2 Å². The first kappa shape index (κ1) is 13.8. The summed E-state index contributed by atoms with van der Waals surface area (Å²) in [4.78, 5) is 22.5. The maximum Gasteiger partial charge on any atom is 0.332 e. The highest BCUT2D eigenvalue weighted by atomic mass is 35.5. The molecule has 1 heterocycles. The van der Waals surface area contributed by atoms with Gasteiger partial charge in [-0.25, -0.2) is 9.18 Å². The van der Waals surface area contributed by atoms with E-state index >= 15 is 0 Å². The third-order valence-corrected chi connectivity index (χ3v) is 2.94. The molecule has 1 fully saturated rings. The molecule has 2 rings (SSSR count). The number of nitrogens with one attached hydrogen (secondary N) is 1. The Morgan fingerprint density at radius 3 is 2.58 bits per heavy atom. The van der Waals surface area contributed by atoms with Crippen LogP contribution in [0.1, 0.15) is 12.8 Å². The molecule has 0 bridgehead atoms. The first-order valence-electron chi connectivity index (χ1n) is 5.61. The quantitative estimate of drug-likeness (QED) is 0.892. The van der Waals surface area contributed by atoms with Crippen LogP contribution in [0.2, 0.25) is 5.02 Å². The number of anilines is 1. The van der Waals surface area contributed by atoms with Crippen molar-refractivity contribution in [1.82, 2.24) is 0 Å². The maximum atomic E-state index is 13.1. The third-order valence-electron chi connectivity index (χ3n) is 2.72. The van der Waals surface area contributed by atoms with E-state index in [-0.39, 0.29) is 17.1 Å². The van der Waals surface area contributed by atoms with E-state index in [0.29, 0.717) is 6.42 Å². The SMILES string of the molecule is O=C(O)C1CCC(C(=O)Nc2cc(F)cc(Cl)c2)O1. The van der Waals surface area contributed by atoms with Crippen molar-refractivity contribution in [3.8, 4) is 0 Å². The van der Waals surface area contributed by atoms with E-state index in [1.54, 1.807) is 0 Å². The second-order valence-electron chi connectivity index (χ2n) is 4.18. The van der Waals surface area contributed by atoms with Gasteiger partial charge in [-0.3, -0.25) is 4.79 Å². The van der Waals surface area contributed by atoms with Gasteiger partial charge in [0, 0.05) is 10.7 Å². The van der Waals surface area contributed by atoms with E-state index in [1.165, 1.54) is 6.07 Å². The van der Waals surface area contributed by atoms with Gasteiger partial charge >= 0.3 is 5.97 Å². The molecule has 2 atom stereocenters. The zero-order valence-electron chi connectivity index (χ0n) is 9.73. The van der Waals surface area contributed by atoms with Gasteiger partial charge in [0.15, 0.2) is 6.10 Å². The van der Waals surface area contributed by atoms with Crippen LogP contribution in [0.5, 0.6) is 0 Å². The lowest BCUT2D eigenvalue weighted by Crippen LogP contribution is -2.29. The summed E-state index contributed by atoms with van der Waals surface area (Å²) in [5.74, 6) is -2.17. The average Bonchev–Trinajstić information content (AvgIpc) is 2.76. The van der Waals surface area contributed by atoms with Crippen molar-refractivity contribution in [1.29, 1.82) is 0 Å². The van der Waals surface area contributed by atoms with Crippen LogP contribution in [-0.2, 0) is 14.3 Å². The molecule has 1 saturated heterocycles. The first-order valence-corrected chi connectivity index (χ1v) is 5.99. The molecule has 102 valence electrons. The lowest BCUT2D eigenvalue weighted by molar-refractivity contribution is -0.150. The topological polar surface area (TPSA) is 75.6 Å². The highest BCUT2D eigenvalue weighted by Crippen LogP contribution is 2.23. The second-order valence-corrected chi connectivity index (χ2v) is 4.61. The molecule has 1 aliphatic heterocycles. The molecule has 1 aromatic carbocycles. The number of halogens is 2. The summed E-state index contributed by atoms with van der Waals surface area (Å²) in [7, 11) is 0. The standard InChI is InChI=1S/C12H11ClFNO4/c13-6-3-7(14)5-8(4-6)15-11(16)9-1-2-10(19-9)12(17)18/h3-5,9-10H,1-2H2,(H,15,16)(H,17,18). The third kappa shape index (κ3) is 3.42. The number of rotatable bonds is 3. The number of benzene rings is 1. The van der Waals surface area contributed by atoms with Crippen LogP contribution >= 0.6 is 11.6 Å². The lowest BCUT2D eigenvalue weighted by Gasteiger charge is -2.12. The minimum absolute atomic E-state index is 0.158. The Hall–Kier alpha value is -1.66. The van der Waals surface area contributed by atoms with Crippen molar-refractivity contribution in [3.63, 3.8) is 0 Å². The van der Waals surface area contributed by atoms with Crippen LogP contribution in [0, 0.1) is 5.82 Å². The number of aliphatic carboxylic acids is 1. The molecule has 1 aliphatic rings. The van der Waals surface area contributed by atoms with Crippen molar-refractivity contribution in [3.05, 3.63) is 29.0 Å². The van der Waals surface area contributed by atoms with Gasteiger partial charge in [-0.15, -0.1) is 0 Å². The number of carboxylic acid groups (broad SMARTS) is 1. The lowest BCUT2D eigenvalue weighted by atomic mass is 10.2. The number of ether oxygens (including phenoxy) is 1. The van der Waals surface area contributed by atoms with Gasteiger partial charge in [-0.2, -0.15) is 0 Å². The molecular weight excluding hydrogens is 277 g/mol. The van der Waals surface area contributed by atoms with E-state index in [1.807, 2.05) is 0 Å². The van der Waals surface area contributed by atoms with Crippen LogP contribution in [0.3, 0.4) is 0 Å². The molecule has 0 aliphatic carbocycles. The monoisotopic (exact) mass is 287 g/mol. The number of carboxylic acids is 1.